The minimum absolute atomic E-state index is 0.0489. The molecule has 1 heterocycles. The number of piperidine rings is 1. The molecule has 6 heteroatoms. The Morgan fingerprint density at radius 3 is 2.96 bits per heavy atom. The molecule has 1 aromatic rings. The summed E-state index contributed by atoms with van der Waals surface area (Å²) in [6.07, 6.45) is 0.973. The van der Waals surface area contributed by atoms with Gasteiger partial charge in [-0.1, -0.05) is 13.0 Å². The summed E-state index contributed by atoms with van der Waals surface area (Å²) in [5.74, 6) is 0.314. The number of fused-ring (bicyclic) bond motifs is 4. The third kappa shape index (κ3) is 2.88. The van der Waals surface area contributed by atoms with E-state index in [4.69, 9.17) is 5.11 Å². The van der Waals surface area contributed by atoms with Gasteiger partial charge in [-0.25, -0.2) is 4.79 Å². The Labute approximate surface area is 136 Å². The van der Waals surface area contributed by atoms with Gasteiger partial charge in [-0.15, -0.1) is 0 Å². The van der Waals surface area contributed by atoms with Crippen molar-refractivity contribution in [3.63, 3.8) is 0 Å². The van der Waals surface area contributed by atoms with Crippen LogP contribution in [0.2, 0.25) is 0 Å². The number of carboxylic acid groups (broad SMARTS) is 1. The van der Waals surface area contributed by atoms with Gasteiger partial charge in [0.05, 0.1) is 0 Å². The van der Waals surface area contributed by atoms with E-state index < -0.39 is 6.09 Å². The summed E-state index contributed by atoms with van der Waals surface area (Å²) in [6, 6.07) is 6.34. The first-order chi connectivity index (χ1) is 10.9. The Morgan fingerprint density at radius 2 is 2.22 bits per heavy atom. The van der Waals surface area contributed by atoms with Gasteiger partial charge >= 0.3 is 6.09 Å². The largest absolute Gasteiger partial charge is 0.508 e. The molecule has 1 saturated heterocycles. The topological polar surface area (TPSA) is 84.8 Å². The first-order valence-corrected chi connectivity index (χ1v) is 8.14. The number of likely N-dealkylation sites (tertiary alicyclic amines) is 1. The van der Waals surface area contributed by atoms with Crippen LogP contribution in [-0.4, -0.2) is 60.0 Å². The lowest BCUT2D eigenvalue weighted by atomic mass is 9.61. The Hall–Kier alpha value is -1.79. The minimum Gasteiger partial charge on any atom is -0.508 e. The van der Waals surface area contributed by atoms with E-state index >= 15 is 0 Å². The van der Waals surface area contributed by atoms with Crippen LogP contribution in [0.1, 0.15) is 24.5 Å². The molecular weight excluding hydrogens is 294 g/mol. The molecule has 2 bridgehead atoms. The van der Waals surface area contributed by atoms with Crippen LogP contribution in [0.15, 0.2) is 18.2 Å². The summed E-state index contributed by atoms with van der Waals surface area (Å²) in [5, 5.41) is 24.6. The molecule has 6 nitrogen and oxygen atoms in total. The van der Waals surface area contributed by atoms with E-state index in [2.05, 4.69) is 29.5 Å². The van der Waals surface area contributed by atoms with Crippen molar-refractivity contribution in [2.75, 3.05) is 26.7 Å². The van der Waals surface area contributed by atoms with Crippen molar-refractivity contribution < 1.29 is 15.0 Å². The van der Waals surface area contributed by atoms with Gasteiger partial charge in [0.1, 0.15) is 5.75 Å². The number of aromatic hydroxyl groups is 1. The zero-order chi connectivity index (χ0) is 16.6. The van der Waals surface area contributed by atoms with Crippen LogP contribution >= 0.6 is 0 Å². The Bertz CT molecular complexity index is 607. The number of likely N-dealkylation sites (N-methyl/N-ethyl adjacent to an activating group) is 1. The molecule has 2 aliphatic rings. The van der Waals surface area contributed by atoms with Crippen LogP contribution in [0.4, 0.5) is 4.79 Å². The van der Waals surface area contributed by atoms with E-state index in [9.17, 15) is 9.90 Å². The van der Waals surface area contributed by atoms with E-state index in [1.54, 1.807) is 6.07 Å². The van der Waals surface area contributed by atoms with Gasteiger partial charge < -0.3 is 25.7 Å². The van der Waals surface area contributed by atoms with Crippen LogP contribution in [0.5, 0.6) is 5.75 Å². The Balaban J connectivity index is 1.85. The van der Waals surface area contributed by atoms with Crippen molar-refractivity contribution in [1.82, 2.24) is 15.5 Å². The maximum Gasteiger partial charge on any atom is 0.404 e. The predicted molar refractivity (Wildman–Crippen MR) is 88.0 cm³/mol. The molecule has 23 heavy (non-hydrogen) atoms. The van der Waals surface area contributed by atoms with Crippen molar-refractivity contribution in [2.45, 2.75) is 37.3 Å². The molecule has 3 atom stereocenters. The summed E-state index contributed by atoms with van der Waals surface area (Å²) in [4.78, 5) is 13.0. The fourth-order valence-electron chi connectivity index (χ4n) is 4.24. The van der Waals surface area contributed by atoms with Crippen molar-refractivity contribution in [2.24, 2.45) is 0 Å². The monoisotopic (exact) mass is 319 g/mol. The highest BCUT2D eigenvalue weighted by molar-refractivity contribution is 5.64. The molecular formula is C17H25N3O3. The normalized spacial score (nSPS) is 29.8. The number of benzene rings is 1. The molecule has 0 radical (unpaired) electrons. The third-order valence-electron chi connectivity index (χ3n) is 5.52. The summed E-state index contributed by atoms with van der Waals surface area (Å²) < 4.78 is 0. The first kappa shape index (κ1) is 16.1. The third-order valence-corrected chi connectivity index (χ3v) is 5.52. The van der Waals surface area contributed by atoms with Crippen molar-refractivity contribution >= 4 is 6.09 Å². The van der Waals surface area contributed by atoms with E-state index in [0.717, 1.165) is 19.4 Å². The SMILES string of the molecule is CN1CC[C@@]2(C)c3cc(O)ccc3C[C@@H]1[C@H]2NCCNC(=O)O. The molecule has 1 aliphatic carbocycles. The highest BCUT2D eigenvalue weighted by atomic mass is 16.4. The average molecular weight is 319 g/mol. The maximum atomic E-state index is 10.6. The van der Waals surface area contributed by atoms with Crippen LogP contribution in [-0.2, 0) is 11.8 Å². The highest BCUT2D eigenvalue weighted by Gasteiger charge is 2.49. The molecule has 0 unspecified atom stereocenters. The molecule has 1 amide bonds. The lowest BCUT2D eigenvalue weighted by Gasteiger charge is -2.55. The quantitative estimate of drug-likeness (QED) is 0.625. The average Bonchev–Trinajstić information content (AvgIpc) is 2.50. The molecule has 1 aliphatic heterocycles. The number of nitrogens with one attached hydrogen (secondary N) is 2. The van der Waals surface area contributed by atoms with Gasteiger partial charge in [-0.2, -0.15) is 0 Å². The van der Waals surface area contributed by atoms with Gasteiger partial charge in [-0.05, 0) is 49.7 Å². The van der Waals surface area contributed by atoms with Crippen LogP contribution in [0.3, 0.4) is 0 Å². The van der Waals surface area contributed by atoms with Gasteiger partial charge in [-0.3, -0.25) is 0 Å². The Morgan fingerprint density at radius 1 is 1.43 bits per heavy atom. The number of nitrogens with zero attached hydrogens (tertiary/aromatic N) is 1. The molecule has 0 spiro atoms. The molecule has 0 aromatic heterocycles. The van der Waals surface area contributed by atoms with E-state index in [1.165, 1.54) is 11.1 Å². The zero-order valence-electron chi connectivity index (χ0n) is 13.7. The summed E-state index contributed by atoms with van der Waals surface area (Å²) in [5.41, 5.74) is 2.49. The predicted octanol–water partition coefficient (Wildman–Crippen LogP) is 1.14. The minimum atomic E-state index is -0.991. The first-order valence-electron chi connectivity index (χ1n) is 8.14. The van der Waals surface area contributed by atoms with Gasteiger partial charge in [0.15, 0.2) is 0 Å². The number of hydrogen-bond acceptors (Lipinski definition) is 4. The number of phenols is 1. The van der Waals surface area contributed by atoms with E-state index in [0.29, 0.717) is 24.9 Å². The van der Waals surface area contributed by atoms with Gasteiger partial charge in [0.25, 0.3) is 0 Å². The fourth-order valence-corrected chi connectivity index (χ4v) is 4.24. The lowest BCUT2D eigenvalue weighted by Crippen LogP contribution is -2.66. The molecule has 1 fully saturated rings. The van der Waals surface area contributed by atoms with Crippen molar-refractivity contribution in [3.8, 4) is 5.75 Å². The molecule has 4 N–H and O–H groups in total. The van der Waals surface area contributed by atoms with E-state index in [1.807, 2.05) is 12.1 Å². The van der Waals surface area contributed by atoms with Crippen molar-refractivity contribution in [1.29, 1.82) is 0 Å². The second-order valence-electron chi connectivity index (χ2n) is 6.92. The number of rotatable bonds is 4. The summed E-state index contributed by atoms with van der Waals surface area (Å²) in [6.45, 7) is 4.28. The zero-order valence-corrected chi connectivity index (χ0v) is 13.7. The number of carbonyl (C=O) groups is 1. The van der Waals surface area contributed by atoms with Gasteiger partial charge in [0, 0.05) is 30.6 Å². The molecule has 3 rings (SSSR count). The number of hydrogen-bond donors (Lipinski definition) is 4. The van der Waals surface area contributed by atoms with Gasteiger partial charge in [0.2, 0.25) is 0 Å². The molecule has 1 aromatic carbocycles. The summed E-state index contributed by atoms with van der Waals surface area (Å²) in [7, 11) is 2.15. The second-order valence-corrected chi connectivity index (χ2v) is 6.92. The molecule has 0 saturated carbocycles. The van der Waals surface area contributed by atoms with Crippen LogP contribution in [0, 0.1) is 0 Å². The smallest absolute Gasteiger partial charge is 0.404 e. The highest BCUT2D eigenvalue weighted by Crippen LogP contribution is 2.45. The van der Waals surface area contributed by atoms with Crippen LogP contribution < -0.4 is 10.6 Å². The number of phenolic OH excluding ortho intramolecular Hbond substituents is 1. The fraction of sp³-hybridized carbons (Fsp3) is 0.588. The molecule has 126 valence electrons. The van der Waals surface area contributed by atoms with Crippen molar-refractivity contribution in [3.05, 3.63) is 29.3 Å². The second kappa shape index (κ2) is 6.02. The standard InChI is InChI=1S/C17H25N3O3/c1-17-5-8-20(2)14(15(17)18-6-7-19-16(22)23)9-11-3-4-12(21)10-13(11)17/h3-4,10,14-15,18-19,21H,5-9H2,1-2H3,(H,22,23)/t14-,15-,17+/m1/s1. The number of amides is 1. The lowest BCUT2D eigenvalue weighted by molar-refractivity contribution is 0.0662. The maximum absolute atomic E-state index is 10.6. The Kier molecular flexibility index (Phi) is 4.21. The summed E-state index contributed by atoms with van der Waals surface area (Å²) >= 11 is 0. The van der Waals surface area contributed by atoms with E-state index in [-0.39, 0.29) is 11.5 Å². The van der Waals surface area contributed by atoms with Crippen LogP contribution in [0.25, 0.3) is 0 Å².